The van der Waals surface area contributed by atoms with Crippen molar-refractivity contribution in [2.24, 2.45) is 23.2 Å². The average Bonchev–Trinajstić information content (AvgIpc) is 2.60. The maximum Gasteiger partial charge on any atom is 0.279 e. The van der Waals surface area contributed by atoms with Crippen LogP contribution in [-0.2, 0) is 9.59 Å². The lowest BCUT2D eigenvalue weighted by Gasteiger charge is -2.56. The van der Waals surface area contributed by atoms with Crippen molar-refractivity contribution in [1.29, 1.82) is 0 Å². The van der Waals surface area contributed by atoms with E-state index in [4.69, 9.17) is 4.74 Å². The number of hydrazine groups is 1. The molecular formula is C22H30N2O3. The predicted molar refractivity (Wildman–Crippen MR) is 103 cm³/mol. The molecule has 0 aliphatic heterocycles. The molecule has 5 heteroatoms. The average molecular weight is 370 g/mol. The van der Waals surface area contributed by atoms with Crippen molar-refractivity contribution in [2.75, 3.05) is 0 Å². The van der Waals surface area contributed by atoms with E-state index < -0.39 is 6.10 Å². The second kappa shape index (κ2) is 7.17. The van der Waals surface area contributed by atoms with Crippen LogP contribution in [0.2, 0.25) is 0 Å². The second-order valence-corrected chi connectivity index (χ2v) is 9.20. The molecule has 4 bridgehead atoms. The Bertz CT molecular complexity index is 677. The number of rotatable bonds is 5. The maximum atomic E-state index is 12.5. The molecule has 4 aliphatic rings. The monoisotopic (exact) mass is 370 g/mol. The molecule has 4 aliphatic carbocycles. The van der Waals surface area contributed by atoms with Gasteiger partial charge in [-0.1, -0.05) is 17.7 Å². The van der Waals surface area contributed by atoms with Crippen LogP contribution < -0.4 is 15.6 Å². The number of hydrogen-bond acceptors (Lipinski definition) is 3. The lowest BCUT2D eigenvalue weighted by molar-refractivity contribution is -0.136. The fourth-order valence-electron chi connectivity index (χ4n) is 6.00. The van der Waals surface area contributed by atoms with Gasteiger partial charge in [-0.05, 0) is 87.7 Å². The van der Waals surface area contributed by atoms with Gasteiger partial charge in [-0.3, -0.25) is 20.4 Å². The highest BCUT2D eigenvalue weighted by molar-refractivity contribution is 5.84. The highest BCUT2D eigenvalue weighted by atomic mass is 16.5. The first kappa shape index (κ1) is 18.3. The van der Waals surface area contributed by atoms with Gasteiger partial charge in [-0.25, -0.2) is 0 Å². The molecule has 1 unspecified atom stereocenters. The molecule has 5 nitrogen and oxygen atoms in total. The molecule has 2 amide bonds. The summed E-state index contributed by atoms with van der Waals surface area (Å²) in [7, 11) is 0. The molecule has 146 valence electrons. The quantitative estimate of drug-likeness (QED) is 0.780. The van der Waals surface area contributed by atoms with Crippen LogP contribution in [0.3, 0.4) is 0 Å². The van der Waals surface area contributed by atoms with Gasteiger partial charge in [0.15, 0.2) is 6.10 Å². The van der Waals surface area contributed by atoms with Gasteiger partial charge in [0.1, 0.15) is 5.75 Å². The zero-order valence-corrected chi connectivity index (χ0v) is 16.3. The minimum absolute atomic E-state index is 0.0761. The molecule has 1 atom stereocenters. The summed E-state index contributed by atoms with van der Waals surface area (Å²) < 4.78 is 5.63. The van der Waals surface area contributed by atoms with Crippen LogP contribution in [0.4, 0.5) is 0 Å². The van der Waals surface area contributed by atoms with Crippen LogP contribution in [0, 0.1) is 30.1 Å². The summed E-state index contributed by atoms with van der Waals surface area (Å²) >= 11 is 0. The summed E-state index contributed by atoms with van der Waals surface area (Å²) in [5, 5.41) is 0. The van der Waals surface area contributed by atoms with Gasteiger partial charge in [0, 0.05) is 6.42 Å². The Morgan fingerprint density at radius 3 is 2.15 bits per heavy atom. The van der Waals surface area contributed by atoms with Gasteiger partial charge in [0.2, 0.25) is 5.91 Å². The molecule has 2 N–H and O–H groups in total. The third-order valence-electron chi connectivity index (χ3n) is 6.73. The molecule has 4 fully saturated rings. The van der Waals surface area contributed by atoms with Gasteiger partial charge in [0.25, 0.3) is 5.91 Å². The molecule has 1 aromatic rings. The molecule has 27 heavy (non-hydrogen) atoms. The van der Waals surface area contributed by atoms with E-state index in [0.717, 1.165) is 23.3 Å². The van der Waals surface area contributed by atoms with Crippen molar-refractivity contribution < 1.29 is 14.3 Å². The number of carbonyl (C=O) groups excluding carboxylic acids is 2. The number of hydrogen-bond donors (Lipinski definition) is 2. The number of aryl methyl sites for hydroxylation is 1. The van der Waals surface area contributed by atoms with Crippen molar-refractivity contribution >= 4 is 11.8 Å². The fourth-order valence-corrected chi connectivity index (χ4v) is 6.00. The number of carbonyl (C=O) groups is 2. The first-order valence-corrected chi connectivity index (χ1v) is 10.2. The first-order chi connectivity index (χ1) is 12.9. The van der Waals surface area contributed by atoms with Crippen molar-refractivity contribution in [3.05, 3.63) is 29.8 Å². The van der Waals surface area contributed by atoms with Crippen LogP contribution in [0.5, 0.6) is 5.75 Å². The lowest BCUT2D eigenvalue weighted by Crippen LogP contribution is -2.51. The topological polar surface area (TPSA) is 67.4 Å². The van der Waals surface area contributed by atoms with Gasteiger partial charge < -0.3 is 4.74 Å². The van der Waals surface area contributed by atoms with Gasteiger partial charge >= 0.3 is 0 Å². The van der Waals surface area contributed by atoms with Crippen molar-refractivity contribution in [2.45, 2.75) is 64.9 Å². The normalized spacial score (nSPS) is 32.0. The number of ether oxygens (including phenoxy) is 1. The molecule has 0 radical (unpaired) electrons. The predicted octanol–water partition coefficient (Wildman–Crippen LogP) is 3.52. The smallest absolute Gasteiger partial charge is 0.279 e. The van der Waals surface area contributed by atoms with Crippen LogP contribution in [0.25, 0.3) is 0 Å². The third kappa shape index (κ3) is 4.12. The van der Waals surface area contributed by atoms with E-state index in [-0.39, 0.29) is 17.2 Å². The van der Waals surface area contributed by atoms with Gasteiger partial charge in [-0.15, -0.1) is 0 Å². The van der Waals surface area contributed by atoms with E-state index >= 15 is 0 Å². The standard InChI is InChI=1S/C22H30N2O3/c1-14-3-5-19(6-4-14)27-15(2)21(26)24-23-20(25)13-22-10-16-7-17(11-22)9-18(8-16)12-22/h3-6,15-18H,7-13H2,1-2H3,(H,23,25)(H,24,26). The fraction of sp³-hybridized carbons (Fsp3) is 0.636. The lowest BCUT2D eigenvalue weighted by atomic mass is 9.49. The van der Waals surface area contributed by atoms with Crippen molar-refractivity contribution in [1.82, 2.24) is 10.9 Å². The first-order valence-electron chi connectivity index (χ1n) is 10.2. The van der Waals surface area contributed by atoms with E-state index in [1.54, 1.807) is 6.92 Å². The van der Waals surface area contributed by atoms with E-state index in [9.17, 15) is 9.59 Å². The number of nitrogens with one attached hydrogen (secondary N) is 2. The molecule has 4 saturated carbocycles. The molecule has 0 saturated heterocycles. The molecule has 0 aromatic heterocycles. The number of amides is 2. The molecule has 1 aromatic carbocycles. The summed E-state index contributed by atoms with van der Waals surface area (Å²) in [6, 6.07) is 7.55. The second-order valence-electron chi connectivity index (χ2n) is 9.20. The highest BCUT2D eigenvalue weighted by Crippen LogP contribution is 2.61. The minimum Gasteiger partial charge on any atom is -0.481 e. The zero-order valence-electron chi connectivity index (χ0n) is 16.3. The molecule has 0 heterocycles. The summed E-state index contributed by atoms with van der Waals surface area (Å²) in [6.45, 7) is 3.68. The Labute approximate surface area is 161 Å². The summed E-state index contributed by atoms with van der Waals surface area (Å²) in [5.41, 5.74) is 6.46. The zero-order chi connectivity index (χ0) is 19.0. The van der Waals surface area contributed by atoms with E-state index in [2.05, 4.69) is 10.9 Å². The van der Waals surface area contributed by atoms with E-state index in [1.807, 2.05) is 31.2 Å². The van der Waals surface area contributed by atoms with Crippen LogP contribution >= 0.6 is 0 Å². The third-order valence-corrected chi connectivity index (χ3v) is 6.73. The highest BCUT2D eigenvalue weighted by Gasteiger charge is 2.51. The SMILES string of the molecule is Cc1ccc(OC(C)C(=O)NNC(=O)CC23CC4CC(CC(C4)C2)C3)cc1. The summed E-state index contributed by atoms with van der Waals surface area (Å²) in [5.74, 6) is 2.69. The molecule has 5 rings (SSSR count). The van der Waals surface area contributed by atoms with Gasteiger partial charge in [-0.2, -0.15) is 0 Å². The Morgan fingerprint density at radius 1 is 1.04 bits per heavy atom. The summed E-state index contributed by atoms with van der Waals surface area (Å²) in [4.78, 5) is 24.7. The van der Waals surface area contributed by atoms with Gasteiger partial charge in [0.05, 0.1) is 0 Å². The minimum atomic E-state index is -0.674. The Kier molecular flexibility index (Phi) is 4.87. The van der Waals surface area contributed by atoms with Crippen LogP contribution in [-0.4, -0.2) is 17.9 Å². The Hall–Kier alpha value is -2.04. The van der Waals surface area contributed by atoms with E-state index in [0.29, 0.717) is 12.2 Å². The summed E-state index contributed by atoms with van der Waals surface area (Å²) in [6.07, 6.45) is 7.52. The van der Waals surface area contributed by atoms with E-state index in [1.165, 1.54) is 38.5 Å². The Balaban J connectivity index is 1.25. The van der Waals surface area contributed by atoms with Crippen molar-refractivity contribution in [3.8, 4) is 5.75 Å². The molecule has 0 spiro atoms. The molecular weight excluding hydrogens is 340 g/mol. The Morgan fingerprint density at radius 2 is 1.59 bits per heavy atom. The number of benzene rings is 1. The van der Waals surface area contributed by atoms with Crippen LogP contribution in [0.1, 0.15) is 57.4 Å². The maximum absolute atomic E-state index is 12.5. The van der Waals surface area contributed by atoms with Crippen molar-refractivity contribution in [3.63, 3.8) is 0 Å². The van der Waals surface area contributed by atoms with Crippen LogP contribution in [0.15, 0.2) is 24.3 Å². The largest absolute Gasteiger partial charge is 0.481 e.